The van der Waals surface area contributed by atoms with E-state index in [0.717, 1.165) is 18.8 Å². The second-order valence-corrected chi connectivity index (χ2v) is 4.94. The van der Waals surface area contributed by atoms with Crippen LogP contribution in [0.4, 0.5) is 5.69 Å². The van der Waals surface area contributed by atoms with Gasteiger partial charge in [0, 0.05) is 44.1 Å². The molecule has 0 fully saturated rings. The van der Waals surface area contributed by atoms with Crippen molar-refractivity contribution in [2.45, 2.75) is 13.8 Å². The van der Waals surface area contributed by atoms with Gasteiger partial charge in [-0.1, -0.05) is 0 Å². The number of methoxy groups -OCH3 is 1. The highest BCUT2D eigenvalue weighted by Gasteiger charge is 2.05. The van der Waals surface area contributed by atoms with E-state index in [0.29, 0.717) is 23.8 Å². The SMILES string of the molecule is CCN(CC)c1ccc(/C=N/NC(=S)NCCOC)c(O)c1. The third-order valence-electron chi connectivity index (χ3n) is 3.10. The first-order valence-corrected chi connectivity index (χ1v) is 7.67. The number of thiocarbonyl (C=S) groups is 1. The summed E-state index contributed by atoms with van der Waals surface area (Å²) in [5, 5.41) is 17.4. The van der Waals surface area contributed by atoms with Crippen LogP contribution in [0.5, 0.6) is 5.75 Å². The van der Waals surface area contributed by atoms with Gasteiger partial charge in [-0.05, 0) is 38.2 Å². The maximum Gasteiger partial charge on any atom is 0.187 e. The fourth-order valence-electron chi connectivity index (χ4n) is 1.89. The molecule has 1 aromatic rings. The van der Waals surface area contributed by atoms with E-state index in [-0.39, 0.29) is 5.75 Å². The Hall–Kier alpha value is -1.86. The van der Waals surface area contributed by atoms with Gasteiger partial charge in [0.25, 0.3) is 0 Å². The van der Waals surface area contributed by atoms with Crippen molar-refractivity contribution in [2.75, 3.05) is 38.3 Å². The van der Waals surface area contributed by atoms with Gasteiger partial charge in [0.15, 0.2) is 5.11 Å². The normalized spacial score (nSPS) is 10.7. The van der Waals surface area contributed by atoms with Gasteiger partial charge in [-0.3, -0.25) is 5.43 Å². The van der Waals surface area contributed by atoms with Crippen molar-refractivity contribution in [3.8, 4) is 5.75 Å². The van der Waals surface area contributed by atoms with Crippen LogP contribution in [-0.2, 0) is 4.74 Å². The Kier molecular flexibility index (Phi) is 8.24. The molecule has 7 heteroatoms. The quantitative estimate of drug-likeness (QED) is 0.293. The zero-order chi connectivity index (χ0) is 16.4. The Labute approximate surface area is 137 Å². The van der Waals surface area contributed by atoms with E-state index in [2.05, 4.69) is 34.6 Å². The number of anilines is 1. The molecule has 0 saturated carbocycles. The third kappa shape index (κ3) is 5.87. The van der Waals surface area contributed by atoms with E-state index >= 15 is 0 Å². The lowest BCUT2D eigenvalue weighted by Crippen LogP contribution is -2.34. The molecule has 0 radical (unpaired) electrons. The maximum atomic E-state index is 10.1. The van der Waals surface area contributed by atoms with Crippen LogP contribution in [0.2, 0.25) is 0 Å². The minimum atomic E-state index is 0.188. The molecule has 0 atom stereocenters. The van der Waals surface area contributed by atoms with Gasteiger partial charge in [0.1, 0.15) is 5.75 Å². The van der Waals surface area contributed by atoms with E-state index in [1.165, 1.54) is 6.21 Å². The van der Waals surface area contributed by atoms with Crippen LogP contribution >= 0.6 is 12.2 Å². The lowest BCUT2D eigenvalue weighted by molar-refractivity contribution is 0.204. The van der Waals surface area contributed by atoms with Gasteiger partial charge in [0.2, 0.25) is 0 Å². The van der Waals surface area contributed by atoms with E-state index < -0.39 is 0 Å². The summed E-state index contributed by atoms with van der Waals surface area (Å²) in [4.78, 5) is 2.16. The molecule has 0 aliphatic carbocycles. The molecule has 0 saturated heterocycles. The Morgan fingerprint density at radius 1 is 1.41 bits per heavy atom. The summed E-state index contributed by atoms with van der Waals surface area (Å²) in [6.45, 7) is 7.13. The first-order valence-electron chi connectivity index (χ1n) is 7.26. The lowest BCUT2D eigenvalue weighted by Gasteiger charge is -2.21. The Morgan fingerprint density at radius 2 is 2.14 bits per heavy atom. The van der Waals surface area contributed by atoms with Gasteiger partial charge in [-0.25, -0.2) is 0 Å². The van der Waals surface area contributed by atoms with E-state index in [4.69, 9.17) is 17.0 Å². The molecule has 0 aliphatic heterocycles. The lowest BCUT2D eigenvalue weighted by atomic mass is 10.2. The second kappa shape index (κ2) is 9.97. The molecule has 0 heterocycles. The van der Waals surface area contributed by atoms with Crippen LogP contribution in [0.3, 0.4) is 0 Å². The van der Waals surface area contributed by atoms with Crippen LogP contribution in [0, 0.1) is 0 Å². The number of benzene rings is 1. The number of nitrogens with one attached hydrogen (secondary N) is 2. The van der Waals surface area contributed by atoms with Crippen LogP contribution in [0.1, 0.15) is 19.4 Å². The van der Waals surface area contributed by atoms with Gasteiger partial charge in [-0.2, -0.15) is 5.10 Å². The van der Waals surface area contributed by atoms with Gasteiger partial charge < -0.3 is 20.1 Å². The summed E-state index contributed by atoms with van der Waals surface area (Å²) >= 11 is 5.04. The Bertz CT molecular complexity index is 504. The molecular weight excluding hydrogens is 300 g/mol. The predicted octanol–water partition coefficient (Wildman–Crippen LogP) is 1.68. The summed E-state index contributed by atoms with van der Waals surface area (Å²) in [5.74, 6) is 0.188. The zero-order valence-corrected chi connectivity index (χ0v) is 14.1. The Morgan fingerprint density at radius 3 is 2.73 bits per heavy atom. The summed E-state index contributed by atoms with van der Waals surface area (Å²) in [6, 6.07) is 5.53. The van der Waals surface area contributed by atoms with E-state index in [9.17, 15) is 5.11 Å². The van der Waals surface area contributed by atoms with Crippen LogP contribution in [-0.4, -0.2) is 49.8 Å². The number of phenolic OH excluding ortho intramolecular Hbond substituents is 1. The van der Waals surface area contributed by atoms with Gasteiger partial charge >= 0.3 is 0 Å². The van der Waals surface area contributed by atoms with Gasteiger partial charge in [-0.15, -0.1) is 0 Å². The maximum absolute atomic E-state index is 10.1. The van der Waals surface area contributed by atoms with Crippen molar-refractivity contribution >= 4 is 29.2 Å². The number of hydrogen-bond acceptors (Lipinski definition) is 5. The molecule has 1 aromatic carbocycles. The molecule has 22 heavy (non-hydrogen) atoms. The number of hydrogen-bond donors (Lipinski definition) is 3. The van der Waals surface area contributed by atoms with Crippen molar-refractivity contribution in [1.29, 1.82) is 0 Å². The first kappa shape index (κ1) is 18.2. The van der Waals surface area contributed by atoms with Crippen molar-refractivity contribution in [1.82, 2.24) is 10.7 Å². The third-order valence-corrected chi connectivity index (χ3v) is 3.34. The molecule has 1 rings (SSSR count). The summed E-state index contributed by atoms with van der Waals surface area (Å²) in [6.07, 6.45) is 1.53. The van der Waals surface area contributed by atoms with Crippen molar-refractivity contribution < 1.29 is 9.84 Å². The topological polar surface area (TPSA) is 69.1 Å². The summed E-state index contributed by atoms with van der Waals surface area (Å²) in [5.41, 5.74) is 4.31. The second-order valence-electron chi connectivity index (χ2n) is 4.53. The van der Waals surface area contributed by atoms with Crippen LogP contribution in [0.25, 0.3) is 0 Å². The molecule has 0 spiro atoms. The standard InChI is InChI=1S/C15H24N4O2S/c1-4-19(5-2)13-7-6-12(14(20)10-13)11-17-18-15(22)16-8-9-21-3/h6-7,10-11,20H,4-5,8-9H2,1-3H3,(H2,16,18,22)/b17-11+. The Balaban J connectivity index is 2.59. The number of rotatable bonds is 8. The highest BCUT2D eigenvalue weighted by Crippen LogP contribution is 2.23. The molecule has 0 aromatic heterocycles. The number of nitrogens with zero attached hydrogens (tertiary/aromatic N) is 2. The molecule has 0 aliphatic rings. The first-order chi connectivity index (χ1) is 10.6. The molecule has 3 N–H and O–H groups in total. The van der Waals surface area contributed by atoms with Crippen LogP contribution < -0.4 is 15.6 Å². The molecule has 0 amide bonds. The molecular formula is C15H24N4O2S. The minimum Gasteiger partial charge on any atom is -0.507 e. The van der Waals surface area contributed by atoms with Crippen molar-refractivity contribution in [3.63, 3.8) is 0 Å². The zero-order valence-electron chi connectivity index (χ0n) is 13.3. The molecule has 122 valence electrons. The molecule has 0 bridgehead atoms. The highest BCUT2D eigenvalue weighted by atomic mass is 32.1. The van der Waals surface area contributed by atoms with E-state index in [1.807, 2.05) is 12.1 Å². The fraction of sp³-hybridized carbons (Fsp3) is 0.467. The predicted molar refractivity (Wildman–Crippen MR) is 94.9 cm³/mol. The van der Waals surface area contributed by atoms with Gasteiger partial charge in [0.05, 0.1) is 12.8 Å². The highest BCUT2D eigenvalue weighted by molar-refractivity contribution is 7.80. The summed E-state index contributed by atoms with van der Waals surface area (Å²) < 4.78 is 4.91. The summed E-state index contributed by atoms with van der Waals surface area (Å²) in [7, 11) is 1.63. The average Bonchev–Trinajstić information content (AvgIpc) is 2.51. The number of hydrazone groups is 1. The largest absolute Gasteiger partial charge is 0.507 e. The fourth-order valence-corrected chi connectivity index (χ4v) is 2.05. The molecule has 6 nitrogen and oxygen atoms in total. The van der Waals surface area contributed by atoms with Crippen molar-refractivity contribution in [3.05, 3.63) is 23.8 Å². The minimum absolute atomic E-state index is 0.188. The number of phenols is 1. The monoisotopic (exact) mass is 324 g/mol. The smallest absolute Gasteiger partial charge is 0.187 e. The number of aromatic hydroxyl groups is 1. The van der Waals surface area contributed by atoms with Crippen molar-refractivity contribution in [2.24, 2.45) is 5.10 Å². The molecule has 0 unspecified atom stereocenters. The van der Waals surface area contributed by atoms with Crippen LogP contribution in [0.15, 0.2) is 23.3 Å². The average molecular weight is 324 g/mol. The van der Waals surface area contributed by atoms with E-state index in [1.54, 1.807) is 13.2 Å². The number of ether oxygens (including phenoxy) is 1.